The molecule has 144 valence electrons. The van der Waals surface area contributed by atoms with Gasteiger partial charge in [0, 0.05) is 17.0 Å². The van der Waals surface area contributed by atoms with Crippen LogP contribution in [-0.2, 0) is 11.3 Å². The molecule has 0 spiro atoms. The van der Waals surface area contributed by atoms with Crippen LogP contribution in [0.2, 0.25) is 0 Å². The smallest absolute Gasteiger partial charge is 0.357 e. The number of amides is 1. The van der Waals surface area contributed by atoms with Gasteiger partial charge in [-0.25, -0.2) is 14.2 Å². The lowest BCUT2D eigenvalue weighted by Crippen LogP contribution is -2.41. The van der Waals surface area contributed by atoms with Crippen LogP contribution in [-0.4, -0.2) is 34.4 Å². The fraction of sp³-hybridized carbons (Fsp3) is 0.450. The van der Waals surface area contributed by atoms with Crippen LogP contribution in [0.25, 0.3) is 0 Å². The van der Waals surface area contributed by atoms with Crippen molar-refractivity contribution in [1.82, 2.24) is 9.88 Å². The largest absolute Gasteiger partial charge is 0.461 e. The van der Waals surface area contributed by atoms with Gasteiger partial charge in [-0.2, -0.15) is 0 Å². The quantitative estimate of drug-likeness (QED) is 0.685. The number of ether oxygens (including phenoxy) is 1. The topological polar surface area (TPSA) is 59.5 Å². The van der Waals surface area contributed by atoms with Crippen LogP contribution in [0.4, 0.5) is 4.39 Å². The number of benzene rings is 1. The summed E-state index contributed by atoms with van der Waals surface area (Å²) in [7, 11) is 0. The Morgan fingerprint density at radius 3 is 2.59 bits per heavy atom. The second-order valence-corrected chi connectivity index (χ2v) is 7.52. The van der Waals surface area contributed by atoms with Gasteiger partial charge < -0.3 is 9.64 Å². The zero-order valence-electron chi connectivity index (χ0n) is 15.3. The van der Waals surface area contributed by atoms with Crippen molar-refractivity contribution in [2.24, 2.45) is 0 Å². The lowest BCUT2D eigenvalue weighted by atomic mass is 9.93. The van der Waals surface area contributed by atoms with Crippen LogP contribution in [0.1, 0.15) is 64.9 Å². The molecular weight excluding hydrogens is 367 g/mol. The third kappa shape index (κ3) is 4.91. The first kappa shape index (κ1) is 19.5. The van der Waals surface area contributed by atoms with Crippen molar-refractivity contribution in [2.75, 3.05) is 6.61 Å². The van der Waals surface area contributed by atoms with E-state index in [-0.39, 0.29) is 23.5 Å². The molecule has 1 aromatic heterocycles. The van der Waals surface area contributed by atoms with Gasteiger partial charge in [0.05, 0.1) is 13.2 Å². The Balaban J connectivity index is 1.80. The van der Waals surface area contributed by atoms with E-state index in [1.807, 2.05) is 4.90 Å². The van der Waals surface area contributed by atoms with Gasteiger partial charge in [0.2, 0.25) is 0 Å². The van der Waals surface area contributed by atoms with Gasteiger partial charge in [-0.1, -0.05) is 19.3 Å². The van der Waals surface area contributed by atoms with Crippen molar-refractivity contribution in [3.63, 3.8) is 0 Å². The highest BCUT2D eigenvalue weighted by Gasteiger charge is 2.27. The van der Waals surface area contributed by atoms with Crippen LogP contribution in [0.3, 0.4) is 0 Å². The van der Waals surface area contributed by atoms with Crippen LogP contribution in [0.15, 0.2) is 29.6 Å². The Labute approximate surface area is 162 Å². The molecule has 1 aliphatic rings. The Morgan fingerprint density at radius 2 is 1.93 bits per heavy atom. The van der Waals surface area contributed by atoms with Crippen molar-refractivity contribution in [1.29, 1.82) is 0 Å². The number of esters is 1. The van der Waals surface area contributed by atoms with Crippen molar-refractivity contribution in [3.8, 4) is 0 Å². The maximum Gasteiger partial charge on any atom is 0.357 e. The monoisotopic (exact) mass is 390 g/mol. The zero-order valence-corrected chi connectivity index (χ0v) is 16.1. The van der Waals surface area contributed by atoms with Gasteiger partial charge in [-0.3, -0.25) is 4.79 Å². The van der Waals surface area contributed by atoms with E-state index in [0.717, 1.165) is 25.7 Å². The Bertz CT molecular complexity index is 785. The van der Waals surface area contributed by atoms with Crippen molar-refractivity contribution < 1.29 is 18.7 Å². The van der Waals surface area contributed by atoms with Crippen LogP contribution < -0.4 is 0 Å². The molecule has 1 amide bonds. The number of carbonyl (C=O) groups is 2. The predicted octanol–water partition coefficient (Wildman–Crippen LogP) is 4.43. The van der Waals surface area contributed by atoms with E-state index < -0.39 is 5.97 Å². The number of nitrogens with zero attached hydrogens (tertiary/aromatic N) is 2. The summed E-state index contributed by atoms with van der Waals surface area (Å²) in [5.41, 5.74) is 0.735. The lowest BCUT2D eigenvalue weighted by Gasteiger charge is -2.34. The summed E-state index contributed by atoms with van der Waals surface area (Å²) in [5.74, 6) is -0.946. The van der Waals surface area contributed by atoms with Gasteiger partial charge in [0.25, 0.3) is 5.91 Å². The normalized spacial score (nSPS) is 14.7. The van der Waals surface area contributed by atoms with E-state index in [9.17, 15) is 14.0 Å². The Morgan fingerprint density at radius 1 is 1.22 bits per heavy atom. The van der Waals surface area contributed by atoms with E-state index in [0.29, 0.717) is 23.7 Å². The summed E-state index contributed by atoms with van der Waals surface area (Å²) >= 11 is 1.35. The number of thiazole rings is 1. The highest BCUT2D eigenvalue weighted by atomic mass is 32.1. The van der Waals surface area contributed by atoms with E-state index in [2.05, 4.69) is 4.98 Å². The van der Waals surface area contributed by atoms with Crippen molar-refractivity contribution >= 4 is 23.2 Å². The molecule has 1 saturated carbocycles. The standard InChI is InChI=1S/C20H23FN2O3S/c1-2-26-20(25)17-13-27-18(22-17)12-23(16-6-4-3-5-7-16)19(24)14-8-10-15(21)11-9-14/h8-11,13,16H,2-7,12H2,1H3. The number of carbonyl (C=O) groups excluding carboxylic acids is 2. The SMILES string of the molecule is CCOC(=O)c1csc(CN(C(=O)c2ccc(F)cc2)C2CCCCC2)n1. The summed E-state index contributed by atoms with van der Waals surface area (Å²) in [5, 5.41) is 2.36. The molecule has 2 aromatic rings. The van der Waals surface area contributed by atoms with Crippen LogP contribution >= 0.6 is 11.3 Å². The first-order valence-electron chi connectivity index (χ1n) is 9.26. The molecule has 1 aliphatic carbocycles. The molecule has 1 heterocycles. The average Bonchev–Trinajstić information content (AvgIpc) is 3.16. The molecule has 3 rings (SSSR count). The number of rotatable bonds is 6. The summed E-state index contributed by atoms with van der Waals surface area (Å²) in [4.78, 5) is 31.1. The Hall–Kier alpha value is -2.28. The first-order valence-corrected chi connectivity index (χ1v) is 10.1. The Kier molecular flexibility index (Phi) is 6.55. The lowest BCUT2D eigenvalue weighted by molar-refractivity contribution is 0.0520. The van der Waals surface area contributed by atoms with E-state index in [4.69, 9.17) is 4.74 Å². The van der Waals surface area contributed by atoms with Gasteiger partial charge in [0.15, 0.2) is 5.69 Å². The fourth-order valence-corrected chi connectivity index (χ4v) is 4.11. The van der Waals surface area contributed by atoms with Crippen molar-refractivity contribution in [3.05, 3.63) is 51.7 Å². The summed E-state index contributed by atoms with van der Waals surface area (Å²) in [6.07, 6.45) is 5.25. The molecule has 0 radical (unpaired) electrons. The van der Waals surface area contributed by atoms with Crippen LogP contribution in [0, 0.1) is 5.82 Å². The second kappa shape index (κ2) is 9.08. The fourth-order valence-electron chi connectivity index (χ4n) is 3.35. The molecule has 0 atom stereocenters. The third-order valence-corrected chi connectivity index (χ3v) is 5.54. The molecule has 27 heavy (non-hydrogen) atoms. The number of halogens is 1. The van der Waals surface area contributed by atoms with Gasteiger partial charge in [-0.15, -0.1) is 11.3 Å². The molecule has 1 fully saturated rings. The molecular formula is C20H23FN2O3S. The van der Waals surface area contributed by atoms with E-state index >= 15 is 0 Å². The molecule has 5 nitrogen and oxygen atoms in total. The number of hydrogen-bond donors (Lipinski definition) is 0. The van der Waals surface area contributed by atoms with E-state index in [1.165, 1.54) is 42.0 Å². The van der Waals surface area contributed by atoms with Gasteiger partial charge in [0.1, 0.15) is 10.8 Å². The van der Waals surface area contributed by atoms with Crippen molar-refractivity contribution in [2.45, 2.75) is 51.6 Å². The van der Waals surface area contributed by atoms with E-state index in [1.54, 1.807) is 12.3 Å². The number of hydrogen-bond acceptors (Lipinski definition) is 5. The maximum atomic E-state index is 13.2. The predicted molar refractivity (Wildman–Crippen MR) is 101 cm³/mol. The molecule has 0 unspecified atom stereocenters. The molecule has 0 bridgehead atoms. The zero-order chi connectivity index (χ0) is 19.2. The molecule has 0 N–H and O–H groups in total. The number of aromatic nitrogens is 1. The molecule has 7 heteroatoms. The maximum absolute atomic E-state index is 13.2. The minimum absolute atomic E-state index is 0.130. The highest BCUT2D eigenvalue weighted by Crippen LogP contribution is 2.26. The van der Waals surface area contributed by atoms with Gasteiger partial charge >= 0.3 is 5.97 Å². The minimum Gasteiger partial charge on any atom is -0.461 e. The summed E-state index contributed by atoms with van der Waals surface area (Å²) in [6, 6.07) is 5.76. The summed E-state index contributed by atoms with van der Waals surface area (Å²) < 4.78 is 18.2. The third-order valence-electron chi connectivity index (χ3n) is 4.71. The molecule has 0 aliphatic heterocycles. The minimum atomic E-state index is -0.450. The molecule has 1 aromatic carbocycles. The first-order chi connectivity index (χ1) is 13.1. The summed E-state index contributed by atoms with van der Waals surface area (Å²) in [6.45, 7) is 2.38. The van der Waals surface area contributed by atoms with Crippen LogP contribution in [0.5, 0.6) is 0 Å². The second-order valence-electron chi connectivity index (χ2n) is 6.58. The highest BCUT2D eigenvalue weighted by molar-refractivity contribution is 7.09. The van der Waals surface area contributed by atoms with Gasteiger partial charge in [-0.05, 0) is 44.0 Å². The molecule has 0 saturated heterocycles. The average molecular weight is 390 g/mol.